The average molecular weight is 382 g/mol. The molecule has 146 valence electrons. The number of furan rings is 1. The number of aryl methyl sites for hydroxylation is 1. The van der Waals surface area contributed by atoms with Crippen molar-refractivity contribution in [3.05, 3.63) is 90.0 Å². The summed E-state index contributed by atoms with van der Waals surface area (Å²) in [6, 6.07) is 18.8. The quantitative estimate of drug-likeness (QED) is 0.361. The van der Waals surface area contributed by atoms with Crippen molar-refractivity contribution in [2.75, 3.05) is 5.32 Å². The number of benzene rings is 3. The third-order valence-corrected chi connectivity index (χ3v) is 5.34. The van der Waals surface area contributed by atoms with Crippen LogP contribution in [-0.2, 0) is 5.41 Å². The standard InChI is InChI=1S/C27H27NO/c1-6-7-12-19-17-22(27(3,4)5)26-24(18(19)2)21-15-11-16-23(25(21)29-26)28-20-13-9-8-10-14-20/h6-17,28H,1H2,2-5H3/b12-7-. The Kier molecular flexibility index (Phi) is 4.79. The van der Waals surface area contributed by atoms with Gasteiger partial charge in [0.25, 0.3) is 0 Å². The maximum atomic E-state index is 6.55. The summed E-state index contributed by atoms with van der Waals surface area (Å²) in [5, 5.41) is 5.84. The number of anilines is 2. The molecule has 1 N–H and O–H groups in total. The fraction of sp³-hybridized carbons (Fsp3) is 0.185. The molecule has 1 aromatic heterocycles. The second-order valence-corrected chi connectivity index (χ2v) is 8.46. The molecule has 4 aromatic rings. The van der Waals surface area contributed by atoms with E-state index in [9.17, 15) is 0 Å². The van der Waals surface area contributed by atoms with Crippen molar-refractivity contribution in [3.63, 3.8) is 0 Å². The van der Waals surface area contributed by atoms with Gasteiger partial charge in [-0.05, 0) is 47.7 Å². The molecule has 0 spiro atoms. The van der Waals surface area contributed by atoms with E-state index in [2.05, 4.69) is 82.1 Å². The predicted octanol–water partition coefficient (Wildman–Crippen LogP) is 8.13. The average Bonchev–Trinajstić information content (AvgIpc) is 3.08. The second-order valence-electron chi connectivity index (χ2n) is 8.46. The highest BCUT2D eigenvalue weighted by atomic mass is 16.3. The normalized spacial score (nSPS) is 12.1. The van der Waals surface area contributed by atoms with Crippen LogP contribution in [0.3, 0.4) is 0 Å². The zero-order chi connectivity index (χ0) is 20.6. The van der Waals surface area contributed by atoms with Crippen molar-refractivity contribution in [2.24, 2.45) is 0 Å². The summed E-state index contributed by atoms with van der Waals surface area (Å²) in [6.45, 7) is 12.7. The van der Waals surface area contributed by atoms with Crippen LogP contribution in [0.15, 0.2) is 77.7 Å². The molecule has 0 saturated carbocycles. The Balaban J connectivity index is 2.03. The van der Waals surface area contributed by atoms with E-state index >= 15 is 0 Å². The topological polar surface area (TPSA) is 25.2 Å². The van der Waals surface area contributed by atoms with Gasteiger partial charge in [0.1, 0.15) is 5.58 Å². The smallest absolute Gasteiger partial charge is 0.158 e. The summed E-state index contributed by atoms with van der Waals surface area (Å²) in [7, 11) is 0. The van der Waals surface area contributed by atoms with E-state index in [-0.39, 0.29) is 5.41 Å². The minimum absolute atomic E-state index is 0.0381. The van der Waals surface area contributed by atoms with E-state index in [1.54, 1.807) is 0 Å². The predicted molar refractivity (Wildman–Crippen MR) is 126 cm³/mol. The molecule has 0 aliphatic heterocycles. The first-order valence-electron chi connectivity index (χ1n) is 10.0. The molecule has 0 atom stereocenters. The van der Waals surface area contributed by atoms with Gasteiger partial charge in [-0.3, -0.25) is 0 Å². The van der Waals surface area contributed by atoms with E-state index in [0.29, 0.717) is 0 Å². The van der Waals surface area contributed by atoms with Crippen LogP contribution in [0.4, 0.5) is 11.4 Å². The summed E-state index contributed by atoms with van der Waals surface area (Å²) in [5.41, 5.74) is 7.49. The van der Waals surface area contributed by atoms with Crippen molar-refractivity contribution in [2.45, 2.75) is 33.1 Å². The van der Waals surface area contributed by atoms with Gasteiger partial charge in [-0.2, -0.15) is 0 Å². The third-order valence-electron chi connectivity index (χ3n) is 5.34. The van der Waals surface area contributed by atoms with Gasteiger partial charge in [0, 0.05) is 22.0 Å². The summed E-state index contributed by atoms with van der Waals surface area (Å²) in [5.74, 6) is 0. The number of hydrogen-bond acceptors (Lipinski definition) is 2. The van der Waals surface area contributed by atoms with Gasteiger partial charge in [0.05, 0.1) is 5.69 Å². The lowest BCUT2D eigenvalue weighted by molar-refractivity contribution is 0.572. The minimum Gasteiger partial charge on any atom is -0.454 e. The largest absolute Gasteiger partial charge is 0.454 e. The lowest BCUT2D eigenvalue weighted by atomic mass is 9.83. The molecule has 29 heavy (non-hydrogen) atoms. The molecule has 0 radical (unpaired) electrons. The first-order chi connectivity index (χ1) is 13.9. The monoisotopic (exact) mass is 381 g/mol. The molecule has 0 bridgehead atoms. The van der Waals surface area contributed by atoms with Crippen molar-refractivity contribution < 1.29 is 4.42 Å². The highest BCUT2D eigenvalue weighted by molar-refractivity contribution is 6.12. The number of allylic oxidation sites excluding steroid dienone is 2. The summed E-state index contributed by atoms with van der Waals surface area (Å²) in [6.07, 6.45) is 5.93. The van der Waals surface area contributed by atoms with Gasteiger partial charge in [0.15, 0.2) is 5.58 Å². The lowest BCUT2D eigenvalue weighted by Gasteiger charge is -2.21. The van der Waals surface area contributed by atoms with Gasteiger partial charge in [-0.1, -0.05) is 75.9 Å². The van der Waals surface area contributed by atoms with Crippen LogP contribution in [-0.4, -0.2) is 0 Å². The zero-order valence-electron chi connectivity index (χ0n) is 17.5. The summed E-state index contributed by atoms with van der Waals surface area (Å²) in [4.78, 5) is 0. The molecule has 0 unspecified atom stereocenters. The second kappa shape index (κ2) is 7.29. The van der Waals surface area contributed by atoms with E-state index in [0.717, 1.165) is 27.9 Å². The number of nitrogens with one attached hydrogen (secondary N) is 1. The van der Waals surface area contributed by atoms with Gasteiger partial charge in [-0.25, -0.2) is 0 Å². The summed E-state index contributed by atoms with van der Waals surface area (Å²) < 4.78 is 6.55. The molecule has 2 nitrogen and oxygen atoms in total. The molecule has 3 aromatic carbocycles. The van der Waals surface area contributed by atoms with Crippen LogP contribution < -0.4 is 5.32 Å². The molecule has 0 fully saturated rings. The van der Waals surface area contributed by atoms with Crippen molar-refractivity contribution in [1.82, 2.24) is 0 Å². The molecular weight excluding hydrogens is 354 g/mol. The lowest BCUT2D eigenvalue weighted by Crippen LogP contribution is -2.12. The highest BCUT2D eigenvalue weighted by Crippen LogP contribution is 2.42. The van der Waals surface area contributed by atoms with Crippen LogP contribution in [0.2, 0.25) is 0 Å². The Bertz CT molecular complexity index is 1220. The molecule has 1 heterocycles. The van der Waals surface area contributed by atoms with E-state index < -0.39 is 0 Å². The Labute approximate surface area is 172 Å². The molecule has 0 aliphatic carbocycles. The SMILES string of the molecule is C=C/C=C\c1cc(C(C)(C)C)c2oc3c(Nc4ccccc4)cccc3c2c1C. The van der Waals surface area contributed by atoms with Crippen LogP contribution in [0, 0.1) is 6.92 Å². The number of para-hydroxylation sites is 2. The Hall–Kier alpha value is -3.26. The van der Waals surface area contributed by atoms with Crippen molar-refractivity contribution in [1.29, 1.82) is 0 Å². The highest BCUT2D eigenvalue weighted by Gasteiger charge is 2.24. The fourth-order valence-corrected chi connectivity index (χ4v) is 3.83. The van der Waals surface area contributed by atoms with Gasteiger partial charge in [-0.15, -0.1) is 0 Å². The van der Waals surface area contributed by atoms with Crippen molar-refractivity contribution >= 4 is 39.4 Å². The van der Waals surface area contributed by atoms with E-state index in [4.69, 9.17) is 4.42 Å². The van der Waals surface area contributed by atoms with Gasteiger partial charge >= 0.3 is 0 Å². The Morgan fingerprint density at radius 2 is 1.72 bits per heavy atom. The molecule has 0 amide bonds. The van der Waals surface area contributed by atoms with Crippen LogP contribution in [0.5, 0.6) is 0 Å². The first-order valence-corrected chi connectivity index (χ1v) is 10.0. The molecule has 2 heteroatoms. The van der Waals surface area contributed by atoms with E-state index in [1.807, 2.05) is 30.4 Å². The molecule has 4 rings (SSSR count). The molecular formula is C27H27NO. The molecule has 0 aliphatic rings. The Morgan fingerprint density at radius 3 is 2.41 bits per heavy atom. The zero-order valence-corrected chi connectivity index (χ0v) is 17.5. The van der Waals surface area contributed by atoms with Crippen LogP contribution >= 0.6 is 0 Å². The maximum Gasteiger partial charge on any atom is 0.158 e. The van der Waals surface area contributed by atoms with Crippen LogP contribution in [0.25, 0.3) is 28.0 Å². The third kappa shape index (κ3) is 3.47. The Morgan fingerprint density at radius 1 is 0.966 bits per heavy atom. The number of hydrogen-bond donors (Lipinski definition) is 1. The summed E-state index contributed by atoms with van der Waals surface area (Å²) >= 11 is 0. The van der Waals surface area contributed by atoms with Gasteiger partial charge in [0.2, 0.25) is 0 Å². The minimum atomic E-state index is -0.0381. The van der Waals surface area contributed by atoms with Gasteiger partial charge < -0.3 is 9.73 Å². The molecule has 0 saturated heterocycles. The maximum absolute atomic E-state index is 6.55. The van der Waals surface area contributed by atoms with Crippen molar-refractivity contribution in [3.8, 4) is 0 Å². The van der Waals surface area contributed by atoms with Crippen LogP contribution in [0.1, 0.15) is 37.5 Å². The number of fused-ring (bicyclic) bond motifs is 3. The first kappa shape index (κ1) is 19.1. The van der Waals surface area contributed by atoms with E-state index in [1.165, 1.54) is 22.1 Å². The number of rotatable bonds is 4. The fourth-order valence-electron chi connectivity index (χ4n) is 3.83.